The Hall–Kier alpha value is -0.500. The molecule has 14 heavy (non-hydrogen) atoms. The third-order valence-corrected chi connectivity index (χ3v) is 2.06. The first-order valence-corrected chi connectivity index (χ1v) is 5.68. The van der Waals surface area contributed by atoms with Crippen molar-refractivity contribution in [2.75, 3.05) is 6.61 Å². The van der Waals surface area contributed by atoms with Crippen molar-refractivity contribution in [1.29, 1.82) is 0 Å². The molecule has 0 N–H and O–H groups in total. The van der Waals surface area contributed by atoms with Crippen LogP contribution >= 0.6 is 8.25 Å². The largest absolute Gasteiger partial charge is 0.566 e. The molecule has 0 amide bonds. The maximum atomic E-state index is 10.1. The van der Waals surface area contributed by atoms with Gasteiger partial charge in [-0.05, 0) is 38.2 Å². The molecule has 0 aliphatic rings. The van der Waals surface area contributed by atoms with E-state index in [9.17, 15) is 9.46 Å². The molecule has 0 aliphatic heterocycles. The normalized spacial score (nSPS) is 12.6. The van der Waals surface area contributed by atoms with Crippen molar-refractivity contribution in [1.82, 2.24) is 0 Å². The summed E-state index contributed by atoms with van der Waals surface area (Å²) in [6, 6.07) is 0. The quantitative estimate of drug-likeness (QED) is 0.506. The lowest BCUT2D eigenvalue weighted by Crippen LogP contribution is -1.92. The maximum absolute atomic E-state index is 10.1. The van der Waals surface area contributed by atoms with Gasteiger partial charge in [-0.1, -0.05) is 23.3 Å². The Labute approximate surface area is 86.4 Å². The highest BCUT2D eigenvalue weighted by Gasteiger charge is 1.97. The SMILES string of the molecule is CC(C)=CCCC(C)=CCO[P+](=O)[O-]. The first kappa shape index (κ1) is 13.5. The van der Waals surface area contributed by atoms with Crippen LogP contribution in [0.15, 0.2) is 23.3 Å². The molecule has 3 nitrogen and oxygen atoms in total. The van der Waals surface area contributed by atoms with Crippen molar-refractivity contribution < 1.29 is 14.0 Å². The van der Waals surface area contributed by atoms with Gasteiger partial charge in [0.05, 0.1) is 0 Å². The monoisotopic (exact) mass is 216 g/mol. The van der Waals surface area contributed by atoms with Gasteiger partial charge in [-0.2, -0.15) is 0 Å². The zero-order valence-corrected chi connectivity index (χ0v) is 9.84. The molecule has 4 heteroatoms. The van der Waals surface area contributed by atoms with Gasteiger partial charge in [0.15, 0.2) is 0 Å². The second kappa shape index (κ2) is 7.86. The number of rotatable bonds is 6. The van der Waals surface area contributed by atoms with E-state index in [0.29, 0.717) is 0 Å². The van der Waals surface area contributed by atoms with Crippen LogP contribution in [0.2, 0.25) is 0 Å². The summed E-state index contributed by atoms with van der Waals surface area (Å²) >= 11 is 0. The Kier molecular flexibility index (Phi) is 7.58. The van der Waals surface area contributed by atoms with Gasteiger partial charge in [0, 0.05) is 0 Å². The van der Waals surface area contributed by atoms with Gasteiger partial charge >= 0.3 is 8.25 Å². The van der Waals surface area contributed by atoms with Crippen molar-refractivity contribution in [3.63, 3.8) is 0 Å². The molecular formula is C10H17O3P. The number of hydrogen-bond acceptors (Lipinski definition) is 3. The lowest BCUT2D eigenvalue weighted by Gasteiger charge is -1.97. The smallest absolute Gasteiger partial charge is 0.488 e. The summed E-state index contributed by atoms with van der Waals surface area (Å²) in [5.74, 6) is 0. The van der Waals surface area contributed by atoms with E-state index in [-0.39, 0.29) is 6.61 Å². The topological polar surface area (TPSA) is 49.4 Å². The summed E-state index contributed by atoms with van der Waals surface area (Å²) in [7, 11) is -2.71. The first-order chi connectivity index (χ1) is 6.52. The average Bonchev–Trinajstić information content (AvgIpc) is 2.02. The van der Waals surface area contributed by atoms with Crippen molar-refractivity contribution in [3.05, 3.63) is 23.3 Å². The second-order valence-electron chi connectivity index (χ2n) is 3.39. The minimum atomic E-state index is -2.71. The van der Waals surface area contributed by atoms with Gasteiger partial charge < -0.3 is 4.89 Å². The fraction of sp³-hybridized carbons (Fsp3) is 0.600. The Morgan fingerprint density at radius 1 is 1.36 bits per heavy atom. The van der Waals surface area contributed by atoms with Gasteiger partial charge in [-0.15, -0.1) is 4.52 Å². The zero-order valence-electron chi connectivity index (χ0n) is 8.95. The molecule has 0 aromatic carbocycles. The molecule has 0 heterocycles. The molecule has 0 fully saturated rings. The van der Waals surface area contributed by atoms with Crippen LogP contribution in [-0.4, -0.2) is 6.61 Å². The summed E-state index contributed by atoms with van der Waals surface area (Å²) in [6.07, 6.45) is 5.90. The molecule has 0 bridgehead atoms. The van der Waals surface area contributed by atoms with Gasteiger partial charge in [0.25, 0.3) is 0 Å². The zero-order chi connectivity index (χ0) is 11.0. The van der Waals surface area contributed by atoms with Crippen LogP contribution in [0.1, 0.15) is 33.6 Å². The lowest BCUT2D eigenvalue weighted by atomic mass is 10.1. The summed E-state index contributed by atoms with van der Waals surface area (Å²) < 4.78 is 14.5. The highest BCUT2D eigenvalue weighted by atomic mass is 31.1. The van der Waals surface area contributed by atoms with Crippen LogP contribution < -0.4 is 4.89 Å². The molecular weight excluding hydrogens is 199 g/mol. The predicted molar refractivity (Wildman–Crippen MR) is 56.0 cm³/mol. The van der Waals surface area contributed by atoms with Crippen molar-refractivity contribution in [3.8, 4) is 0 Å². The van der Waals surface area contributed by atoms with Crippen LogP contribution in [0.4, 0.5) is 0 Å². The maximum Gasteiger partial charge on any atom is 0.488 e. The van der Waals surface area contributed by atoms with Crippen LogP contribution in [-0.2, 0) is 9.09 Å². The van der Waals surface area contributed by atoms with E-state index in [4.69, 9.17) is 0 Å². The molecule has 1 atom stereocenters. The lowest BCUT2D eigenvalue weighted by molar-refractivity contribution is -0.184. The molecule has 0 rings (SSSR count). The summed E-state index contributed by atoms with van der Waals surface area (Å²) in [4.78, 5) is 10.1. The van der Waals surface area contributed by atoms with Gasteiger partial charge in [0.2, 0.25) is 0 Å². The minimum absolute atomic E-state index is 0.152. The third kappa shape index (κ3) is 9.59. The fourth-order valence-electron chi connectivity index (χ4n) is 0.931. The molecule has 0 radical (unpaired) electrons. The first-order valence-electron chi connectivity index (χ1n) is 4.58. The summed E-state index contributed by atoms with van der Waals surface area (Å²) in [5, 5.41) is 0. The van der Waals surface area contributed by atoms with E-state index in [1.807, 2.05) is 6.92 Å². The highest BCUT2D eigenvalue weighted by Crippen LogP contribution is 2.10. The van der Waals surface area contributed by atoms with E-state index in [1.54, 1.807) is 6.08 Å². The van der Waals surface area contributed by atoms with Crippen LogP contribution in [0.5, 0.6) is 0 Å². The predicted octanol–water partition coefficient (Wildman–Crippen LogP) is 2.71. The van der Waals surface area contributed by atoms with Crippen molar-refractivity contribution >= 4 is 8.25 Å². The van der Waals surface area contributed by atoms with E-state index in [2.05, 4.69) is 24.4 Å². The van der Waals surface area contributed by atoms with E-state index < -0.39 is 8.25 Å². The standard InChI is InChI=1S/C10H17O3P/c1-9(2)5-4-6-10(3)7-8-13-14(11)12/h5,7H,4,6,8H2,1-3H3. The Morgan fingerprint density at radius 2 is 2.00 bits per heavy atom. The fourth-order valence-corrected chi connectivity index (χ4v) is 1.13. The molecule has 0 spiro atoms. The molecule has 1 unspecified atom stereocenters. The van der Waals surface area contributed by atoms with Gasteiger partial charge in [-0.25, -0.2) is 0 Å². The molecule has 80 valence electrons. The highest BCUT2D eigenvalue weighted by molar-refractivity contribution is 7.30. The molecule has 0 aliphatic carbocycles. The van der Waals surface area contributed by atoms with Gasteiger partial charge in [-0.3, -0.25) is 0 Å². The average molecular weight is 216 g/mol. The number of hydrogen-bond donors (Lipinski definition) is 0. The molecule has 0 aromatic rings. The minimum Gasteiger partial charge on any atom is -0.566 e. The van der Waals surface area contributed by atoms with Crippen molar-refractivity contribution in [2.45, 2.75) is 33.6 Å². The van der Waals surface area contributed by atoms with E-state index in [1.165, 1.54) is 5.57 Å². The molecule has 0 aromatic heterocycles. The van der Waals surface area contributed by atoms with E-state index in [0.717, 1.165) is 18.4 Å². The molecule has 0 saturated heterocycles. The molecule has 0 saturated carbocycles. The van der Waals surface area contributed by atoms with Crippen molar-refractivity contribution in [2.24, 2.45) is 0 Å². The van der Waals surface area contributed by atoms with Crippen LogP contribution in [0.3, 0.4) is 0 Å². The van der Waals surface area contributed by atoms with Crippen LogP contribution in [0, 0.1) is 0 Å². The Balaban J connectivity index is 3.67. The van der Waals surface area contributed by atoms with Gasteiger partial charge in [0.1, 0.15) is 6.61 Å². The summed E-state index contributed by atoms with van der Waals surface area (Å²) in [6.45, 7) is 6.24. The Bertz CT molecular complexity index is 240. The van der Waals surface area contributed by atoms with Crippen LogP contribution in [0.25, 0.3) is 0 Å². The Morgan fingerprint density at radius 3 is 2.50 bits per heavy atom. The number of allylic oxidation sites excluding steroid dienone is 3. The third-order valence-electron chi connectivity index (χ3n) is 1.70. The second-order valence-corrected chi connectivity index (χ2v) is 4.10. The summed E-state index contributed by atoms with van der Waals surface area (Å²) in [5.41, 5.74) is 2.45. The van der Waals surface area contributed by atoms with E-state index >= 15 is 0 Å².